The molecule has 0 aliphatic carbocycles. The van der Waals surface area contributed by atoms with Crippen molar-refractivity contribution < 1.29 is 23.5 Å². The minimum absolute atomic E-state index is 0.00495. The van der Waals surface area contributed by atoms with Crippen LogP contribution >= 0.6 is 0 Å². The van der Waals surface area contributed by atoms with Gasteiger partial charge in [0, 0.05) is 22.7 Å². The molecular formula is C30H22N2O5. The molecule has 0 spiro atoms. The molecule has 0 saturated heterocycles. The fourth-order valence-corrected chi connectivity index (χ4v) is 4.27. The van der Waals surface area contributed by atoms with Gasteiger partial charge in [0.2, 0.25) is 5.76 Å². The highest BCUT2D eigenvalue weighted by Gasteiger charge is 2.23. The third-order valence-electron chi connectivity index (χ3n) is 6.09. The molecule has 2 N–H and O–H groups in total. The summed E-state index contributed by atoms with van der Waals surface area (Å²) in [6.07, 6.45) is 0. The number of amides is 2. The Morgan fingerprint density at radius 3 is 2.16 bits per heavy atom. The Morgan fingerprint density at radius 1 is 0.649 bits per heavy atom. The van der Waals surface area contributed by atoms with Crippen LogP contribution in [-0.2, 0) is 0 Å². The molecule has 7 heteroatoms. The van der Waals surface area contributed by atoms with E-state index in [1.807, 2.05) is 54.6 Å². The number of nitrogens with one attached hydrogen (secondary N) is 2. The van der Waals surface area contributed by atoms with Gasteiger partial charge in [-0.3, -0.25) is 9.59 Å². The van der Waals surface area contributed by atoms with E-state index in [9.17, 15) is 9.59 Å². The van der Waals surface area contributed by atoms with Gasteiger partial charge >= 0.3 is 0 Å². The normalized spacial score (nSPS) is 12.2. The third kappa shape index (κ3) is 4.50. The smallest absolute Gasteiger partial charge is 0.293 e. The monoisotopic (exact) mass is 490 g/mol. The first kappa shape index (κ1) is 22.4. The second-order valence-electron chi connectivity index (χ2n) is 8.51. The fraction of sp³-hybridized carbons (Fsp3) is 0.0667. The van der Waals surface area contributed by atoms with E-state index in [0.717, 1.165) is 11.1 Å². The maximum Gasteiger partial charge on any atom is 0.293 e. The fourth-order valence-electron chi connectivity index (χ4n) is 4.27. The predicted molar refractivity (Wildman–Crippen MR) is 141 cm³/mol. The van der Waals surface area contributed by atoms with E-state index >= 15 is 0 Å². The first-order valence-corrected chi connectivity index (χ1v) is 11.8. The molecule has 0 bridgehead atoms. The number of fused-ring (bicyclic) bond motifs is 2. The van der Waals surface area contributed by atoms with Gasteiger partial charge in [0.15, 0.2) is 11.5 Å². The number of para-hydroxylation sites is 1. The largest absolute Gasteiger partial charge is 0.486 e. The van der Waals surface area contributed by atoms with Crippen molar-refractivity contribution in [3.8, 4) is 22.6 Å². The van der Waals surface area contributed by atoms with Gasteiger partial charge in [-0.25, -0.2) is 0 Å². The van der Waals surface area contributed by atoms with Crippen LogP contribution in [0.1, 0.15) is 20.9 Å². The van der Waals surface area contributed by atoms with E-state index in [0.29, 0.717) is 52.6 Å². The molecule has 7 nitrogen and oxygen atoms in total. The lowest BCUT2D eigenvalue weighted by Gasteiger charge is -2.18. The van der Waals surface area contributed by atoms with Crippen molar-refractivity contribution in [1.82, 2.24) is 0 Å². The minimum Gasteiger partial charge on any atom is -0.486 e. The van der Waals surface area contributed by atoms with Crippen molar-refractivity contribution in [2.45, 2.75) is 0 Å². The van der Waals surface area contributed by atoms with Gasteiger partial charge in [0.05, 0.1) is 0 Å². The lowest BCUT2D eigenvalue weighted by molar-refractivity contribution is 0.0999. The summed E-state index contributed by atoms with van der Waals surface area (Å²) >= 11 is 0. The molecule has 0 saturated carbocycles. The Bertz CT molecular complexity index is 1610. The van der Waals surface area contributed by atoms with Crippen LogP contribution < -0.4 is 20.1 Å². The predicted octanol–water partition coefficient (Wildman–Crippen LogP) is 6.38. The summed E-state index contributed by atoms with van der Waals surface area (Å²) in [7, 11) is 0. The molecule has 6 rings (SSSR count). The van der Waals surface area contributed by atoms with Crippen molar-refractivity contribution in [2.75, 3.05) is 23.8 Å². The number of hydrogen-bond donors (Lipinski definition) is 2. The third-order valence-corrected chi connectivity index (χ3v) is 6.09. The van der Waals surface area contributed by atoms with E-state index in [4.69, 9.17) is 13.9 Å². The maximum atomic E-state index is 13.3. The van der Waals surface area contributed by atoms with Crippen molar-refractivity contribution >= 4 is 34.2 Å². The number of carbonyl (C=O) groups excluding carboxylic acids is 2. The molecule has 1 aliphatic rings. The number of benzene rings is 4. The van der Waals surface area contributed by atoms with Crippen LogP contribution in [0.25, 0.3) is 22.1 Å². The summed E-state index contributed by atoms with van der Waals surface area (Å²) < 4.78 is 17.0. The number of hydrogen-bond acceptors (Lipinski definition) is 5. The van der Waals surface area contributed by atoms with Crippen LogP contribution in [0.15, 0.2) is 101 Å². The number of anilines is 2. The Hall–Kier alpha value is -5.04. The van der Waals surface area contributed by atoms with E-state index in [1.54, 1.807) is 42.5 Å². The lowest BCUT2D eigenvalue weighted by atomic mass is 10.0. The highest BCUT2D eigenvalue weighted by molar-refractivity contribution is 6.17. The number of ether oxygens (including phenoxy) is 2. The Morgan fingerprint density at radius 2 is 1.35 bits per heavy atom. The molecular weight excluding hydrogens is 468 g/mol. The number of rotatable bonds is 5. The van der Waals surface area contributed by atoms with E-state index in [2.05, 4.69) is 10.6 Å². The molecule has 0 atom stereocenters. The van der Waals surface area contributed by atoms with Gasteiger partial charge in [0.1, 0.15) is 24.5 Å². The number of carbonyl (C=O) groups is 2. The summed E-state index contributed by atoms with van der Waals surface area (Å²) in [4.78, 5) is 26.4. The van der Waals surface area contributed by atoms with Crippen LogP contribution in [-0.4, -0.2) is 25.0 Å². The zero-order valence-corrected chi connectivity index (χ0v) is 19.7. The molecule has 4 aromatic carbocycles. The van der Waals surface area contributed by atoms with Gasteiger partial charge in [0.25, 0.3) is 11.8 Å². The molecule has 0 radical (unpaired) electrons. The molecule has 0 fully saturated rings. The summed E-state index contributed by atoms with van der Waals surface area (Å²) in [6.45, 7) is 0.923. The first-order valence-electron chi connectivity index (χ1n) is 11.8. The van der Waals surface area contributed by atoms with E-state index in [-0.39, 0.29) is 11.7 Å². The highest BCUT2D eigenvalue weighted by Crippen LogP contribution is 2.35. The molecule has 37 heavy (non-hydrogen) atoms. The summed E-state index contributed by atoms with van der Waals surface area (Å²) in [5.41, 5.74) is 3.85. The molecule has 182 valence electrons. The molecule has 0 unspecified atom stereocenters. The van der Waals surface area contributed by atoms with Crippen LogP contribution in [0.2, 0.25) is 0 Å². The summed E-state index contributed by atoms with van der Waals surface area (Å²) in [5.74, 6) is 0.341. The average molecular weight is 491 g/mol. The standard InChI is InChI=1S/C30H22N2O5/c33-29(21-12-10-20(11-13-21)19-6-2-1-3-7-19)32-27-23-8-4-5-9-24(23)37-28(27)30(34)31-22-14-15-25-26(18-22)36-17-16-35-25/h1-15,18H,16-17H2,(H,31,34)(H,32,33). The molecule has 1 aromatic heterocycles. The van der Waals surface area contributed by atoms with E-state index < -0.39 is 5.91 Å². The second-order valence-corrected chi connectivity index (χ2v) is 8.51. The quantitative estimate of drug-likeness (QED) is 0.299. The molecule has 1 aliphatic heterocycles. The highest BCUT2D eigenvalue weighted by atomic mass is 16.6. The van der Waals surface area contributed by atoms with Crippen LogP contribution in [0.4, 0.5) is 11.4 Å². The van der Waals surface area contributed by atoms with Crippen LogP contribution in [0.5, 0.6) is 11.5 Å². The minimum atomic E-state index is -0.498. The summed E-state index contributed by atoms with van der Waals surface area (Å²) in [5, 5.41) is 6.35. The van der Waals surface area contributed by atoms with Gasteiger partial charge in [-0.15, -0.1) is 0 Å². The molecule has 2 amide bonds. The zero-order chi connectivity index (χ0) is 25.2. The van der Waals surface area contributed by atoms with Crippen molar-refractivity contribution in [2.24, 2.45) is 0 Å². The zero-order valence-electron chi connectivity index (χ0n) is 19.7. The Kier molecular flexibility index (Phi) is 5.78. The average Bonchev–Trinajstić information content (AvgIpc) is 3.32. The van der Waals surface area contributed by atoms with Gasteiger partial charge in [-0.2, -0.15) is 0 Å². The Labute approximate surface area is 212 Å². The molecule has 2 heterocycles. The first-order chi connectivity index (χ1) is 18.2. The Balaban J connectivity index is 1.27. The molecule has 5 aromatic rings. The van der Waals surface area contributed by atoms with E-state index in [1.165, 1.54) is 0 Å². The topological polar surface area (TPSA) is 89.8 Å². The van der Waals surface area contributed by atoms with Crippen molar-refractivity contribution in [3.63, 3.8) is 0 Å². The maximum absolute atomic E-state index is 13.3. The summed E-state index contributed by atoms with van der Waals surface area (Å²) in [6, 6.07) is 29.6. The van der Waals surface area contributed by atoms with Crippen molar-refractivity contribution in [1.29, 1.82) is 0 Å². The van der Waals surface area contributed by atoms with Crippen molar-refractivity contribution in [3.05, 3.63) is 108 Å². The second kappa shape index (κ2) is 9.54. The SMILES string of the molecule is O=C(Nc1c(C(=O)Nc2ccc3c(c2)OCCO3)oc2ccccc12)c1ccc(-c2ccccc2)cc1. The lowest BCUT2D eigenvalue weighted by Crippen LogP contribution is -2.18. The van der Waals surface area contributed by atoms with Gasteiger partial charge in [-0.1, -0.05) is 54.6 Å². The van der Waals surface area contributed by atoms with Gasteiger partial charge in [-0.05, 0) is 47.5 Å². The van der Waals surface area contributed by atoms with Gasteiger partial charge < -0.3 is 24.5 Å². The number of furan rings is 1. The van der Waals surface area contributed by atoms with Crippen LogP contribution in [0.3, 0.4) is 0 Å². The van der Waals surface area contributed by atoms with Crippen LogP contribution in [0, 0.1) is 0 Å².